The lowest BCUT2D eigenvalue weighted by Crippen LogP contribution is -2.22. The van der Waals surface area contributed by atoms with Gasteiger partial charge in [0.2, 0.25) is 0 Å². The average Bonchev–Trinajstić information content (AvgIpc) is 2.53. The summed E-state index contributed by atoms with van der Waals surface area (Å²) in [5, 5.41) is 5.40. The molecule has 1 aromatic rings. The van der Waals surface area contributed by atoms with Gasteiger partial charge >= 0.3 is 6.03 Å². The van der Waals surface area contributed by atoms with Gasteiger partial charge in [0, 0.05) is 18.3 Å². The molecule has 13 heavy (non-hydrogen) atoms. The molecule has 1 saturated heterocycles. The van der Waals surface area contributed by atoms with Crippen molar-refractivity contribution in [1.29, 1.82) is 0 Å². The highest BCUT2D eigenvalue weighted by atomic mass is 16.2. The summed E-state index contributed by atoms with van der Waals surface area (Å²) in [5.41, 5.74) is 6.52. The largest absolute Gasteiger partial charge is 0.383 e. The molecule has 2 amide bonds. The van der Waals surface area contributed by atoms with Gasteiger partial charge in [0.05, 0.1) is 6.04 Å². The molecule has 0 saturated carbocycles. The van der Waals surface area contributed by atoms with E-state index < -0.39 is 0 Å². The van der Waals surface area contributed by atoms with Crippen LogP contribution in [0.3, 0.4) is 0 Å². The molecule has 1 fully saturated rings. The lowest BCUT2D eigenvalue weighted by atomic mass is 10.1. The van der Waals surface area contributed by atoms with Crippen LogP contribution in [0.25, 0.3) is 0 Å². The fourth-order valence-electron chi connectivity index (χ4n) is 1.37. The lowest BCUT2D eigenvalue weighted by Gasteiger charge is -2.09. The molecule has 68 valence electrons. The molecule has 4 N–H and O–H groups in total. The average molecular weight is 178 g/mol. The van der Waals surface area contributed by atoms with E-state index in [-0.39, 0.29) is 12.1 Å². The van der Waals surface area contributed by atoms with Gasteiger partial charge in [-0.15, -0.1) is 0 Å². The number of carbonyl (C=O) groups is 1. The standard InChI is InChI=1S/C8H10N4O/c9-7-5(2-1-3-10-7)6-4-11-8(13)12-6/h1-3,6H,4H2,(H2,9,10)(H2,11,12,13)/t6-/m0/s1. The summed E-state index contributed by atoms with van der Waals surface area (Å²) in [4.78, 5) is 14.8. The number of pyridine rings is 1. The van der Waals surface area contributed by atoms with Crippen molar-refractivity contribution in [2.24, 2.45) is 0 Å². The van der Waals surface area contributed by atoms with Crippen LogP contribution in [0.15, 0.2) is 18.3 Å². The second-order valence-electron chi connectivity index (χ2n) is 2.88. The molecular weight excluding hydrogens is 168 g/mol. The molecule has 2 heterocycles. The van der Waals surface area contributed by atoms with Crippen molar-refractivity contribution in [3.05, 3.63) is 23.9 Å². The molecule has 0 spiro atoms. The highest BCUT2D eigenvalue weighted by molar-refractivity contribution is 5.77. The van der Waals surface area contributed by atoms with Gasteiger partial charge in [-0.3, -0.25) is 0 Å². The third-order valence-electron chi connectivity index (χ3n) is 2.02. The molecule has 5 heteroatoms. The van der Waals surface area contributed by atoms with Crippen LogP contribution in [0.2, 0.25) is 0 Å². The normalized spacial score (nSPS) is 20.9. The quantitative estimate of drug-likeness (QED) is 0.567. The van der Waals surface area contributed by atoms with Crippen molar-refractivity contribution in [2.45, 2.75) is 6.04 Å². The molecule has 1 atom stereocenters. The van der Waals surface area contributed by atoms with E-state index >= 15 is 0 Å². The fourth-order valence-corrected chi connectivity index (χ4v) is 1.37. The van der Waals surface area contributed by atoms with E-state index in [2.05, 4.69) is 15.6 Å². The van der Waals surface area contributed by atoms with E-state index in [0.717, 1.165) is 5.56 Å². The number of carbonyl (C=O) groups excluding carboxylic acids is 1. The van der Waals surface area contributed by atoms with E-state index in [1.807, 2.05) is 6.07 Å². The molecule has 0 unspecified atom stereocenters. The molecule has 0 radical (unpaired) electrons. The number of urea groups is 1. The predicted octanol–water partition coefficient (Wildman–Crippen LogP) is 0.0177. The van der Waals surface area contributed by atoms with Crippen molar-refractivity contribution < 1.29 is 4.79 Å². The second kappa shape index (κ2) is 2.93. The Hall–Kier alpha value is -1.78. The number of nitrogens with two attached hydrogens (primary N) is 1. The molecular formula is C8H10N4O. The molecule has 0 aliphatic carbocycles. The van der Waals surface area contributed by atoms with Gasteiger partial charge in [-0.2, -0.15) is 0 Å². The number of hydrogen-bond acceptors (Lipinski definition) is 3. The number of anilines is 1. The van der Waals surface area contributed by atoms with Crippen molar-refractivity contribution in [1.82, 2.24) is 15.6 Å². The first-order chi connectivity index (χ1) is 6.27. The zero-order valence-electron chi connectivity index (χ0n) is 6.95. The molecule has 5 nitrogen and oxygen atoms in total. The third kappa shape index (κ3) is 1.40. The SMILES string of the molecule is Nc1ncccc1[C@@H]1CNC(=O)N1. The van der Waals surface area contributed by atoms with Crippen LogP contribution in [0, 0.1) is 0 Å². The van der Waals surface area contributed by atoms with Gasteiger partial charge in [0.25, 0.3) is 0 Å². The third-order valence-corrected chi connectivity index (χ3v) is 2.02. The number of nitrogens with one attached hydrogen (secondary N) is 2. The highest BCUT2D eigenvalue weighted by Gasteiger charge is 2.23. The Morgan fingerprint density at radius 2 is 2.46 bits per heavy atom. The monoisotopic (exact) mass is 178 g/mol. The smallest absolute Gasteiger partial charge is 0.315 e. The van der Waals surface area contributed by atoms with Gasteiger partial charge in [0.15, 0.2) is 0 Å². The van der Waals surface area contributed by atoms with Crippen molar-refractivity contribution >= 4 is 11.8 Å². The first-order valence-corrected chi connectivity index (χ1v) is 4.02. The van der Waals surface area contributed by atoms with E-state index in [9.17, 15) is 4.79 Å². The molecule has 1 aliphatic heterocycles. The maximum Gasteiger partial charge on any atom is 0.315 e. The minimum absolute atomic E-state index is 0.0544. The summed E-state index contributed by atoms with van der Waals surface area (Å²) in [6, 6.07) is 3.45. The maximum absolute atomic E-state index is 10.9. The highest BCUT2D eigenvalue weighted by Crippen LogP contribution is 2.19. The molecule has 1 aliphatic rings. The van der Waals surface area contributed by atoms with Gasteiger partial charge in [-0.05, 0) is 6.07 Å². The maximum atomic E-state index is 10.9. The number of hydrogen-bond donors (Lipinski definition) is 3. The Morgan fingerprint density at radius 1 is 1.62 bits per heavy atom. The summed E-state index contributed by atoms with van der Waals surface area (Å²) in [7, 11) is 0. The first kappa shape index (κ1) is 7.85. The Labute approximate surface area is 75.3 Å². The Balaban J connectivity index is 2.26. The lowest BCUT2D eigenvalue weighted by molar-refractivity contribution is 0.247. The first-order valence-electron chi connectivity index (χ1n) is 4.02. The summed E-state index contributed by atoms with van der Waals surface area (Å²) in [6.07, 6.45) is 1.63. The number of amides is 2. The van der Waals surface area contributed by atoms with Crippen LogP contribution in [0.5, 0.6) is 0 Å². The Kier molecular flexibility index (Phi) is 1.77. The molecule has 2 rings (SSSR count). The summed E-state index contributed by atoms with van der Waals surface area (Å²) < 4.78 is 0. The van der Waals surface area contributed by atoms with Crippen molar-refractivity contribution in [3.8, 4) is 0 Å². The minimum atomic E-state index is -0.159. The van der Waals surface area contributed by atoms with Crippen molar-refractivity contribution in [3.63, 3.8) is 0 Å². The van der Waals surface area contributed by atoms with Crippen LogP contribution in [-0.4, -0.2) is 17.6 Å². The second-order valence-corrected chi connectivity index (χ2v) is 2.88. The van der Waals surface area contributed by atoms with Crippen LogP contribution in [-0.2, 0) is 0 Å². The topological polar surface area (TPSA) is 80.0 Å². The molecule has 0 bridgehead atoms. The summed E-state index contributed by atoms with van der Waals surface area (Å²) in [6.45, 7) is 0.564. The van der Waals surface area contributed by atoms with Crippen LogP contribution < -0.4 is 16.4 Å². The Bertz CT molecular complexity index is 339. The predicted molar refractivity (Wildman–Crippen MR) is 47.9 cm³/mol. The van der Waals surface area contributed by atoms with E-state index in [1.54, 1.807) is 12.3 Å². The molecule has 1 aromatic heterocycles. The summed E-state index contributed by atoms with van der Waals surface area (Å²) in [5.74, 6) is 0.469. The van der Waals surface area contributed by atoms with E-state index in [4.69, 9.17) is 5.73 Å². The van der Waals surface area contributed by atoms with Gasteiger partial charge in [-0.1, -0.05) is 6.07 Å². The van der Waals surface area contributed by atoms with Gasteiger partial charge < -0.3 is 16.4 Å². The van der Waals surface area contributed by atoms with Crippen molar-refractivity contribution in [2.75, 3.05) is 12.3 Å². The fraction of sp³-hybridized carbons (Fsp3) is 0.250. The number of aromatic nitrogens is 1. The Morgan fingerprint density at radius 3 is 3.08 bits per heavy atom. The zero-order valence-corrected chi connectivity index (χ0v) is 6.95. The van der Waals surface area contributed by atoms with Crippen LogP contribution >= 0.6 is 0 Å². The number of nitrogens with zero attached hydrogens (tertiary/aromatic N) is 1. The van der Waals surface area contributed by atoms with E-state index in [1.165, 1.54) is 0 Å². The van der Waals surface area contributed by atoms with Crippen LogP contribution in [0.1, 0.15) is 11.6 Å². The van der Waals surface area contributed by atoms with Crippen LogP contribution in [0.4, 0.5) is 10.6 Å². The number of rotatable bonds is 1. The summed E-state index contributed by atoms with van der Waals surface area (Å²) >= 11 is 0. The molecule has 0 aromatic carbocycles. The van der Waals surface area contributed by atoms with E-state index in [0.29, 0.717) is 12.4 Å². The zero-order chi connectivity index (χ0) is 9.26. The van der Waals surface area contributed by atoms with Gasteiger partial charge in [0.1, 0.15) is 5.82 Å². The minimum Gasteiger partial charge on any atom is -0.383 e. The van der Waals surface area contributed by atoms with Gasteiger partial charge in [-0.25, -0.2) is 9.78 Å². The number of nitrogen functional groups attached to an aromatic ring is 1.